The van der Waals surface area contributed by atoms with Crippen LogP contribution in [0.3, 0.4) is 0 Å². The summed E-state index contributed by atoms with van der Waals surface area (Å²) >= 11 is 0. The summed E-state index contributed by atoms with van der Waals surface area (Å²) in [5, 5.41) is 9.25. The van der Waals surface area contributed by atoms with E-state index in [1.165, 1.54) is 4.31 Å². The molecule has 0 fully saturated rings. The molecule has 0 saturated carbocycles. The van der Waals surface area contributed by atoms with Crippen LogP contribution in [0.1, 0.15) is 37.7 Å². The number of carboxylic acids is 1. The summed E-state index contributed by atoms with van der Waals surface area (Å²) < 4.78 is 26.1. The van der Waals surface area contributed by atoms with Gasteiger partial charge in [-0.15, -0.1) is 0 Å². The maximum absolute atomic E-state index is 12.4. The first-order valence-corrected chi connectivity index (χ1v) is 8.40. The lowest BCUT2D eigenvalue weighted by molar-refractivity contribution is -0.139. The van der Waals surface area contributed by atoms with Crippen LogP contribution in [-0.2, 0) is 14.8 Å². The van der Waals surface area contributed by atoms with E-state index in [1.54, 1.807) is 24.3 Å². The number of unbranched alkanes of at least 4 members (excludes halogenated alkanes) is 1. The van der Waals surface area contributed by atoms with Crippen molar-refractivity contribution in [2.45, 2.75) is 32.1 Å². The Kier molecular flexibility index (Phi) is 4.32. The standard InChI is InChI=1S/C14H19NO4S/c1-2-3-10-20(18,19)15-9-8-12(14(16)17)11-6-4-5-7-13(11)15/h4-7,12H,2-3,8-10H2,1H3,(H,16,17). The van der Waals surface area contributed by atoms with E-state index in [0.717, 1.165) is 6.42 Å². The van der Waals surface area contributed by atoms with Crippen molar-refractivity contribution in [3.05, 3.63) is 29.8 Å². The highest BCUT2D eigenvalue weighted by molar-refractivity contribution is 7.92. The molecule has 1 heterocycles. The SMILES string of the molecule is CCCCS(=O)(=O)N1CCC(C(=O)O)c2ccccc21. The van der Waals surface area contributed by atoms with Crippen molar-refractivity contribution in [2.24, 2.45) is 0 Å². The molecule has 0 spiro atoms. The zero-order valence-corrected chi connectivity index (χ0v) is 12.3. The zero-order valence-electron chi connectivity index (χ0n) is 11.4. The molecule has 20 heavy (non-hydrogen) atoms. The van der Waals surface area contributed by atoms with Gasteiger partial charge in [0, 0.05) is 6.54 Å². The van der Waals surface area contributed by atoms with E-state index in [4.69, 9.17) is 0 Å². The Balaban J connectivity index is 2.39. The molecular formula is C14H19NO4S. The Hall–Kier alpha value is -1.56. The van der Waals surface area contributed by atoms with Crippen LogP contribution in [0.4, 0.5) is 5.69 Å². The fourth-order valence-corrected chi connectivity index (χ4v) is 4.24. The molecular weight excluding hydrogens is 278 g/mol. The van der Waals surface area contributed by atoms with Gasteiger partial charge in [-0.05, 0) is 24.5 Å². The van der Waals surface area contributed by atoms with Gasteiger partial charge < -0.3 is 5.11 Å². The number of fused-ring (bicyclic) bond motifs is 1. The first-order valence-electron chi connectivity index (χ1n) is 6.79. The number of hydrogen-bond acceptors (Lipinski definition) is 3. The van der Waals surface area contributed by atoms with Gasteiger partial charge in [-0.1, -0.05) is 31.5 Å². The lowest BCUT2D eigenvalue weighted by atomic mass is 9.91. The molecule has 0 amide bonds. The van der Waals surface area contributed by atoms with Crippen molar-refractivity contribution >= 4 is 21.7 Å². The molecule has 2 rings (SSSR count). The topological polar surface area (TPSA) is 74.7 Å². The van der Waals surface area contributed by atoms with Gasteiger partial charge in [0.1, 0.15) is 0 Å². The maximum Gasteiger partial charge on any atom is 0.311 e. The number of rotatable bonds is 5. The van der Waals surface area contributed by atoms with Gasteiger partial charge in [-0.25, -0.2) is 8.42 Å². The van der Waals surface area contributed by atoms with E-state index >= 15 is 0 Å². The first kappa shape index (κ1) is 14.8. The average Bonchev–Trinajstić information content (AvgIpc) is 2.43. The molecule has 110 valence electrons. The van der Waals surface area contributed by atoms with Crippen LogP contribution in [0.2, 0.25) is 0 Å². The van der Waals surface area contributed by atoms with Crippen LogP contribution in [0.25, 0.3) is 0 Å². The van der Waals surface area contributed by atoms with E-state index in [9.17, 15) is 18.3 Å². The highest BCUT2D eigenvalue weighted by atomic mass is 32.2. The minimum atomic E-state index is -3.37. The van der Waals surface area contributed by atoms with Crippen LogP contribution in [0.15, 0.2) is 24.3 Å². The van der Waals surface area contributed by atoms with Crippen LogP contribution >= 0.6 is 0 Å². The number of nitrogens with zero attached hydrogens (tertiary/aromatic N) is 1. The average molecular weight is 297 g/mol. The van der Waals surface area contributed by atoms with Crippen LogP contribution in [-0.4, -0.2) is 31.8 Å². The molecule has 1 aromatic rings. The van der Waals surface area contributed by atoms with Crippen LogP contribution < -0.4 is 4.31 Å². The summed E-state index contributed by atoms with van der Waals surface area (Å²) in [6.07, 6.45) is 1.74. The predicted molar refractivity (Wildman–Crippen MR) is 77.5 cm³/mol. The minimum absolute atomic E-state index is 0.107. The summed E-state index contributed by atoms with van der Waals surface area (Å²) in [6, 6.07) is 6.88. The number of aliphatic carboxylic acids is 1. The number of benzene rings is 1. The summed E-state index contributed by atoms with van der Waals surface area (Å²) in [5.74, 6) is -1.41. The number of anilines is 1. The predicted octanol–water partition coefficient (Wildman–Crippen LogP) is 2.19. The third kappa shape index (κ3) is 2.80. The molecule has 1 atom stereocenters. The second-order valence-electron chi connectivity index (χ2n) is 4.98. The molecule has 5 nitrogen and oxygen atoms in total. The fraction of sp³-hybridized carbons (Fsp3) is 0.500. The zero-order chi connectivity index (χ0) is 14.8. The number of carbonyl (C=O) groups is 1. The summed E-state index contributed by atoms with van der Waals surface area (Å²) in [5.41, 5.74) is 1.11. The van der Waals surface area contributed by atoms with Crippen molar-refractivity contribution in [2.75, 3.05) is 16.6 Å². The minimum Gasteiger partial charge on any atom is -0.481 e. The number of hydrogen-bond donors (Lipinski definition) is 1. The Labute approximate surface area is 119 Å². The summed E-state index contributed by atoms with van der Waals surface area (Å²) in [7, 11) is -3.37. The normalized spacial score (nSPS) is 18.6. The van der Waals surface area contributed by atoms with Crippen molar-refractivity contribution in [1.82, 2.24) is 0 Å². The summed E-state index contributed by atoms with van der Waals surface area (Å²) in [6.45, 7) is 2.18. The van der Waals surface area contributed by atoms with Gasteiger partial charge in [-0.2, -0.15) is 0 Å². The number of para-hydroxylation sites is 1. The maximum atomic E-state index is 12.4. The Morgan fingerprint density at radius 1 is 1.40 bits per heavy atom. The van der Waals surface area contributed by atoms with Crippen LogP contribution in [0, 0.1) is 0 Å². The van der Waals surface area contributed by atoms with Crippen molar-refractivity contribution in [3.8, 4) is 0 Å². The lowest BCUT2D eigenvalue weighted by Crippen LogP contribution is -2.39. The Morgan fingerprint density at radius 3 is 2.75 bits per heavy atom. The molecule has 0 radical (unpaired) electrons. The van der Waals surface area contributed by atoms with Crippen molar-refractivity contribution in [1.29, 1.82) is 0 Å². The highest BCUT2D eigenvalue weighted by Crippen LogP contribution is 2.36. The Morgan fingerprint density at radius 2 is 2.10 bits per heavy atom. The van der Waals surface area contributed by atoms with E-state index in [0.29, 0.717) is 24.1 Å². The lowest BCUT2D eigenvalue weighted by Gasteiger charge is -2.33. The van der Waals surface area contributed by atoms with E-state index in [1.807, 2.05) is 6.92 Å². The molecule has 1 aliphatic heterocycles. The third-order valence-electron chi connectivity index (χ3n) is 3.59. The van der Waals surface area contributed by atoms with E-state index < -0.39 is 21.9 Å². The second-order valence-corrected chi connectivity index (χ2v) is 6.99. The molecule has 1 aromatic carbocycles. The van der Waals surface area contributed by atoms with Gasteiger partial charge in [-0.3, -0.25) is 9.10 Å². The fourth-order valence-electron chi connectivity index (χ4n) is 2.51. The quantitative estimate of drug-likeness (QED) is 0.904. The molecule has 0 bridgehead atoms. The second kappa shape index (κ2) is 5.83. The molecule has 0 aromatic heterocycles. The van der Waals surface area contributed by atoms with Gasteiger partial charge >= 0.3 is 5.97 Å². The van der Waals surface area contributed by atoms with E-state index in [-0.39, 0.29) is 12.3 Å². The molecule has 0 saturated heterocycles. The largest absolute Gasteiger partial charge is 0.481 e. The van der Waals surface area contributed by atoms with Crippen molar-refractivity contribution < 1.29 is 18.3 Å². The molecule has 6 heteroatoms. The molecule has 1 N–H and O–H groups in total. The Bertz CT molecular complexity index is 597. The van der Waals surface area contributed by atoms with Gasteiger partial charge in [0.2, 0.25) is 10.0 Å². The summed E-state index contributed by atoms with van der Waals surface area (Å²) in [4.78, 5) is 11.3. The van der Waals surface area contributed by atoms with Gasteiger partial charge in [0.15, 0.2) is 0 Å². The third-order valence-corrected chi connectivity index (χ3v) is 5.45. The monoisotopic (exact) mass is 297 g/mol. The molecule has 1 aliphatic rings. The number of sulfonamides is 1. The van der Waals surface area contributed by atoms with Crippen molar-refractivity contribution in [3.63, 3.8) is 0 Å². The van der Waals surface area contributed by atoms with Gasteiger partial charge in [0.05, 0.1) is 17.4 Å². The smallest absolute Gasteiger partial charge is 0.311 e. The van der Waals surface area contributed by atoms with Crippen LogP contribution in [0.5, 0.6) is 0 Å². The highest BCUT2D eigenvalue weighted by Gasteiger charge is 2.34. The molecule has 1 unspecified atom stereocenters. The molecule has 0 aliphatic carbocycles. The first-order chi connectivity index (χ1) is 9.47. The number of carboxylic acid groups (broad SMARTS) is 1. The van der Waals surface area contributed by atoms with Gasteiger partial charge in [0.25, 0.3) is 0 Å². The van der Waals surface area contributed by atoms with E-state index in [2.05, 4.69) is 0 Å².